The summed E-state index contributed by atoms with van der Waals surface area (Å²) in [7, 11) is 0. The fourth-order valence-electron chi connectivity index (χ4n) is 2.89. The van der Waals surface area contributed by atoms with Crippen LogP contribution in [0, 0.1) is 0 Å². The minimum Gasteiger partial charge on any atom is -0.467 e. The summed E-state index contributed by atoms with van der Waals surface area (Å²) in [5.41, 5.74) is 0. The molecule has 0 spiro atoms. The van der Waals surface area contributed by atoms with Crippen LogP contribution in [0.5, 0.6) is 0 Å². The van der Waals surface area contributed by atoms with Crippen molar-refractivity contribution in [2.45, 2.75) is 51.2 Å². The molecular formula is C17H22N2OS2. The lowest BCUT2D eigenvalue weighted by molar-refractivity contribution is 0.337. The molecule has 1 saturated carbocycles. The number of nitrogens with one attached hydrogen (secondary N) is 1. The van der Waals surface area contributed by atoms with Crippen molar-refractivity contribution in [3.05, 3.63) is 46.5 Å². The number of furan rings is 1. The molecule has 1 aliphatic carbocycles. The Morgan fingerprint density at radius 1 is 1.23 bits per heavy atom. The van der Waals surface area contributed by atoms with Gasteiger partial charge in [-0.3, -0.25) is 0 Å². The predicted octanol–water partition coefficient (Wildman–Crippen LogP) is 4.55. The highest BCUT2D eigenvalue weighted by Gasteiger charge is 2.18. The van der Waals surface area contributed by atoms with Crippen LogP contribution in [0.2, 0.25) is 0 Å². The molecule has 0 radical (unpaired) electrons. The maximum Gasteiger partial charge on any atom is 0.169 e. The van der Waals surface area contributed by atoms with E-state index in [4.69, 9.17) is 16.6 Å². The number of thiocarbonyl (C=S) groups is 1. The van der Waals surface area contributed by atoms with Crippen molar-refractivity contribution in [3.63, 3.8) is 0 Å². The van der Waals surface area contributed by atoms with Crippen molar-refractivity contribution in [1.82, 2.24) is 10.2 Å². The standard InChI is InChI=1S/C17H22N2OS2/c21-17(18-14-6-2-1-3-7-14)19(12-15-8-4-10-20-15)13-16-9-5-11-22-16/h4-5,8-11,14H,1-3,6-7,12-13H2,(H,18,21). The van der Waals surface area contributed by atoms with Crippen LogP contribution in [0.25, 0.3) is 0 Å². The Balaban J connectivity index is 1.64. The van der Waals surface area contributed by atoms with Gasteiger partial charge < -0.3 is 14.6 Å². The Labute approximate surface area is 141 Å². The van der Waals surface area contributed by atoms with Crippen LogP contribution in [0.3, 0.4) is 0 Å². The SMILES string of the molecule is S=C(NC1CCCCC1)N(Cc1ccco1)Cc1cccs1. The Bertz CT molecular complexity index is 523. The lowest BCUT2D eigenvalue weighted by Gasteiger charge is -2.30. The van der Waals surface area contributed by atoms with Gasteiger partial charge in [-0.15, -0.1) is 11.3 Å². The lowest BCUT2D eigenvalue weighted by atomic mass is 9.96. The quantitative estimate of drug-likeness (QED) is 0.812. The molecule has 5 heteroatoms. The summed E-state index contributed by atoms with van der Waals surface area (Å²) in [5.74, 6) is 0.948. The fraction of sp³-hybridized carbons (Fsp3) is 0.471. The van der Waals surface area contributed by atoms with Crippen LogP contribution in [-0.2, 0) is 13.1 Å². The van der Waals surface area contributed by atoms with E-state index < -0.39 is 0 Å². The largest absolute Gasteiger partial charge is 0.467 e. The van der Waals surface area contributed by atoms with Gasteiger partial charge in [0.05, 0.1) is 19.4 Å². The number of hydrogen-bond acceptors (Lipinski definition) is 3. The van der Waals surface area contributed by atoms with Crippen LogP contribution in [0.4, 0.5) is 0 Å². The molecule has 22 heavy (non-hydrogen) atoms. The number of thiophene rings is 1. The monoisotopic (exact) mass is 334 g/mol. The molecule has 2 aromatic rings. The third-order valence-electron chi connectivity index (χ3n) is 4.07. The molecule has 2 aromatic heterocycles. The van der Waals surface area contributed by atoms with Crippen molar-refractivity contribution in [3.8, 4) is 0 Å². The number of hydrogen-bond donors (Lipinski definition) is 1. The molecule has 0 aromatic carbocycles. The summed E-state index contributed by atoms with van der Waals surface area (Å²) < 4.78 is 5.50. The minimum absolute atomic E-state index is 0.531. The second-order valence-electron chi connectivity index (χ2n) is 5.80. The molecular weight excluding hydrogens is 312 g/mol. The molecule has 0 bridgehead atoms. The van der Waals surface area contributed by atoms with E-state index in [1.807, 2.05) is 12.1 Å². The highest BCUT2D eigenvalue weighted by Crippen LogP contribution is 2.19. The van der Waals surface area contributed by atoms with Crippen LogP contribution >= 0.6 is 23.6 Å². The van der Waals surface area contributed by atoms with Gasteiger partial charge >= 0.3 is 0 Å². The molecule has 118 valence electrons. The summed E-state index contributed by atoms with van der Waals surface area (Å²) in [5, 5.41) is 6.52. The van der Waals surface area contributed by atoms with E-state index in [1.54, 1.807) is 17.6 Å². The number of rotatable bonds is 5. The minimum atomic E-state index is 0.531. The zero-order valence-corrected chi connectivity index (χ0v) is 14.3. The second kappa shape index (κ2) is 7.79. The molecule has 1 fully saturated rings. The van der Waals surface area contributed by atoms with E-state index in [-0.39, 0.29) is 0 Å². The fourth-order valence-corrected chi connectivity index (χ4v) is 3.91. The van der Waals surface area contributed by atoms with E-state index in [2.05, 4.69) is 27.7 Å². The lowest BCUT2D eigenvalue weighted by Crippen LogP contribution is -2.44. The third-order valence-corrected chi connectivity index (χ3v) is 5.31. The highest BCUT2D eigenvalue weighted by atomic mass is 32.1. The smallest absolute Gasteiger partial charge is 0.169 e. The van der Waals surface area contributed by atoms with E-state index in [0.29, 0.717) is 12.6 Å². The van der Waals surface area contributed by atoms with Gasteiger partial charge in [0.2, 0.25) is 0 Å². The first-order valence-electron chi connectivity index (χ1n) is 7.91. The van der Waals surface area contributed by atoms with Gasteiger partial charge in [-0.05, 0) is 48.6 Å². The van der Waals surface area contributed by atoms with Crippen molar-refractivity contribution in [1.29, 1.82) is 0 Å². The molecule has 0 unspecified atom stereocenters. The van der Waals surface area contributed by atoms with Gasteiger partial charge in [0, 0.05) is 10.9 Å². The second-order valence-corrected chi connectivity index (χ2v) is 7.22. The first-order chi connectivity index (χ1) is 10.8. The van der Waals surface area contributed by atoms with Gasteiger partial charge in [-0.1, -0.05) is 25.3 Å². The Hall–Kier alpha value is -1.33. The van der Waals surface area contributed by atoms with Gasteiger partial charge in [0.15, 0.2) is 5.11 Å². The van der Waals surface area contributed by atoms with Crippen LogP contribution in [-0.4, -0.2) is 16.1 Å². The van der Waals surface area contributed by atoms with Crippen molar-refractivity contribution in [2.24, 2.45) is 0 Å². The van der Waals surface area contributed by atoms with E-state index in [0.717, 1.165) is 17.4 Å². The molecule has 1 N–H and O–H groups in total. The first kappa shape index (κ1) is 15.6. The zero-order chi connectivity index (χ0) is 15.2. The normalized spacial score (nSPS) is 15.6. The van der Waals surface area contributed by atoms with E-state index >= 15 is 0 Å². The Morgan fingerprint density at radius 2 is 2.09 bits per heavy atom. The van der Waals surface area contributed by atoms with Crippen molar-refractivity contribution in [2.75, 3.05) is 0 Å². The Kier molecular flexibility index (Phi) is 5.51. The molecule has 1 aliphatic rings. The van der Waals surface area contributed by atoms with Crippen molar-refractivity contribution < 1.29 is 4.42 Å². The highest BCUT2D eigenvalue weighted by molar-refractivity contribution is 7.80. The summed E-state index contributed by atoms with van der Waals surface area (Å²) in [6, 6.07) is 8.70. The average Bonchev–Trinajstić information content (AvgIpc) is 3.21. The molecule has 3 nitrogen and oxygen atoms in total. The van der Waals surface area contributed by atoms with Gasteiger partial charge in [0.1, 0.15) is 5.76 Å². The van der Waals surface area contributed by atoms with Gasteiger partial charge in [-0.2, -0.15) is 0 Å². The van der Waals surface area contributed by atoms with Crippen LogP contribution < -0.4 is 5.32 Å². The molecule has 0 amide bonds. The van der Waals surface area contributed by atoms with Crippen LogP contribution in [0.1, 0.15) is 42.7 Å². The first-order valence-corrected chi connectivity index (χ1v) is 9.20. The zero-order valence-electron chi connectivity index (χ0n) is 12.7. The molecule has 3 rings (SSSR count). The molecule has 0 saturated heterocycles. The van der Waals surface area contributed by atoms with E-state index in [1.165, 1.54) is 37.0 Å². The summed E-state index contributed by atoms with van der Waals surface area (Å²) in [4.78, 5) is 3.52. The molecule has 0 aliphatic heterocycles. The third kappa shape index (κ3) is 4.34. The number of nitrogens with zero attached hydrogens (tertiary/aromatic N) is 1. The average molecular weight is 335 g/mol. The van der Waals surface area contributed by atoms with Gasteiger partial charge in [-0.25, -0.2) is 0 Å². The maximum atomic E-state index is 5.68. The molecule has 2 heterocycles. The summed E-state index contributed by atoms with van der Waals surface area (Å²) >= 11 is 7.45. The van der Waals surface area contributed by atoms with Crippen LogP contribution in [0.15, 0.2) is 40.3 Å². The topological polar surface area (TPSA) is 28.4 Å². The Morgan fingerprint density at radius 3 is 2.77 bits per heavy atom. The summed E-state index contributed by atoms with van der Waals surface area (Å²) in [6.07, 6.45) is 8.15. The summed E-state index contributed by atoms with van der Waals surface area (Å²) in [6.45, 7) is 1.54. The predicted molar refractivity (Wildman–Crippen MR) is 94.9 cm³/mol. The van der Waals surface area contributed by atoms with Gasteiger partial charge in [0.25, 0.3) is 0 Å². The van der Waals surface area contributed by atoms with E-state index in [9.17, 15) is 0 Å². The maximum absolute atomic E-state index is 5.68. The van der Waals surface area contributed by atoms with Crippen molar-refractivity contribution >= 4 is 28.7 Å². The molecule has 0 atom stereocenters.